The third-order valence-corrected chi connectivity index (χ3v) is 2.23. The molecule has 1 N–H and O–H groups in total. The number of aromatic nitrogens is 1. The molecule has 0 spiro atoms. The highest BCUT2D eigenvalue weighted by Gasteiger charge is 2.21. The van der Waals surface area contributed by atoms with Gasteiger partial charge in [0.25, 0.3) is 0 Å². The minimum absolute atomic E-state index is 0.115. The number of pyridine rings is 1. The van der Waals surface area contributed by atoms with Crippen LogP contribution in [0.3, 0.4) is 0 Å². The summed E-state index contributed by atoms with van der Waals surface area (Å²) in [6.45, 7) is 0.850. The predicted molar refractivity (Wildman–Crippen MR) is 44.1 cm³/mol. The highest BCUT2D eigenvalue weighted by Crippen LogP contribution is 2.23. The lowest BCUT2D eigenvalue weighted by Gasteiger charge is -2.09. The molecule has 0 radical (unpaired) electrons. The van der Waals surface area contributed by atoms with Gasteiger partial charge in [0.2, 0.25) is 5.95 Å². The van der Waals surface area contributed by atoms with Crippen molar-refractivity contribution in [1.82, 2.24) is 10.3 Å². The quantitative estimate of drug-likeness (QED) is 0.673. The van der Waals surface area contributed by atoms with Crippen LogP contribution < -0.4 is 5.32 Å². The van der Waals surface area contributed by atoms with Crippen LogP contribution in [0.4, 0.5) is 8.78 Å². The first kappa shape index (κ1) is 8.56. The third kappa shape index (κ3) is 1.67. The van der Waals surface area contributed by atoms with Crippen molar-refractivity contribution < 1.29 is 8.78 Å². The molecule has 2 heterocycles. The van der Waals surface area contributed by atoms with Gasteiger partial charge in [-0.05, 0) is 31.5 Å². The van der Waals surface area contributed by atoms with Gasteiger partial charge in [-0.3, -0.25) is 0 Å². The SMILES string of the molecule is Fc1ccc(F)c([C@H]2CCCN2)n1. The molecule has 70 valence electrons. The van der Waals surface area contributed by atoms with Gasteiger partial charge in [-0.15, -0.1) is 0 Å². The molecule has 0 aromatic carbocycles. The fourth-order valence-corrected chi connectivity index (χ4v) is 1.60. The van der Waals surface area contributed by atoms with E-state index in [9.17, 15) is 8.78 Å². The molecular formula is C9H10F2N2. The van der Waals surface area contributed by atoms with Crippen LogP contribution in [0.1, 0.15) is 24.6 Å². The number of nitrogens with one attached hydrogen (secondary N) is 1. The maximum atomic E-state index is 13.2. The fraction of sp³-hybridized carbons (Fsp3) is 0.444. The number of nitrogens with zero attached hydrogens (tertiary/aromatic N) is 1. The van der Waals surface area contributed by atoms with Gasteiger partial charge in [-0.25, -0.2) is 9.37 Å². The van der Waals surface area contributed by atoms with E-state index in [0.717, 1.165) is 31.5 Å². The molecule has 4 heteroatoms. The molecule has 1 fully saturated rings. The Labute approximate surface area is 75.0 Å². The second kappa shape index (κ2) is 3.38. The van der Waals surface area contributed by atoms with Crippen LogP contribution in [0, 0.1) is 11.8 Å². The topological polar surface area (TPSA) is 24.9 Å². The lowest BCUT2D eigenvalue weighted by Crippen LogP contribution is -2.16. The zero-order valence-corrected chi connectivity index (χ0v) is 7.06. The smallest absolute Gasteiger partial charge is 0.213 e. The van der Waals surface area contributed by atoms with Crippen molar-refractivity contribution in [3.8, 4) is 0 Å². The molecule has 2 rings (SSSR count). The lowest BCUT2D eigenvalue weighted by atomic mass is 10.1. The van der Waals surface area contributed by atoms with E-state index in [4.69, 9.17) is 0 Å². The summed E-state index contributed by atoms with van der Waals surface area (Å²) >= 11 is 0. The van der Waals surface area contributed by atoms with Crippen molar-refractivity contribution >= 4 is 0 Å². The molecule has 13 heavy (non-hydrogen) atoms. The van der Waals surface area contributed by atoms with Crippen LogP contribution >= 0.6 is 0 Å². The maximum absolute atomic E-state index is 13.2. The molecule has 0 aliphatic carbocycles. The molecule has 1 aromatic heterocycles. The van der Waals surface area contributed by atoms with E-state index in [-0.39, 0.29) is 11.7 Å². The predicted octanol–water partition coefficient (Wildman–Crippen LogP) is 1.78. The lowest BCUT2D eigenvalue weighted by molar-refractivity contribution is 0.504. The van der Waals surface area contributed by atoms with Crippen LogP contribution in [0.2, 0.25) is 0 Å². The number of hydrogen-bond donors (Lipinski definition) is 1. The Kier molecular flexibility index (Phi) is 2.22. The van der Waals surface area contributed by atoms with Crippen LogP contribution in [-0.2, 0) is 0 Å². The van der Waals surface area contributed by atoms with Gasteiger partial charge in [-0.1, -0.05) is 0 Å². The monoisotopic (exact) mass is 184 g/mol. The number of hydrogen-bond acceptors (Lipinski definition) is 2. The van der Waals surface area contributed by atoms with Crippen molar-refractivity contribution in [2.24, 2.45) is 0 Å². The molecule has 0 amide bonds. The summed E-state index contributed by atoms with van der Waals surface area (Å²) in [6.07, 6.45) is 1.82. The third-order valence-electron chi connectivity index (χ3n) is 2.23. The summed E-state index contributed by atoms with van der Waals surface area (Å²) < 4.78 is 25.8. The average Bonchev–Trinajstić information content (AvgIpc) is 2.61. The molecule has 1 aliphatic heterocycles. The van der Waals surface area contributed by atoms with Crippen LogP contribution in [0.5, 0.6) is 0 Å². The van der Waals surface area contributed by atoms with E-state index in [0.29, 0.717) is 0 Å². The summed E-state index contributed by atoms with van der Waals surface area (Å²) in [6, 6.07) is 2.04. The van der Waals surface area contributed by atoms with E-state index in [2.05, 4.69) is 10.3 Å². The standard InChI is InChI=1S/C9H10F2N2/c10-6-3-4-8(11)13-9(6)7-2-1-5-12-7/h3-4,7,12H,1-2,5H2/t7-/m1/s1. The van der Waals surface area contributed by atoms with Crippen molar-refractivity contribution in [2.75, 3.05) is 6.54 Å². The van der Waals surface area contributed by atoms with E-state index >= 15 is 0 Å². The number of halogens is 2. The largest absolute Gasteiger partial charge is 0.309 e. The second-order valence-corrected chi connectivity index (χ2v) is 3.15. The van der Waals surface area contributed by atoms with Gasteiger partial charge in [-0.2, -0.15) is 4.39 Å². The van der Waals surface area contributed by atoms with E-state index < -0.39 is 11.8 Å². The van der Waals surface area contributed by atoms with Crippen molar-refractivity contribution in [3.63, 3.8) is 0 Å². The number of rotatable bonds is 1. The van der Waals surface area contributed by atoms with Crippen LogP contribution in [-0.4, -0.2) is 11.5 Å². The van der Waals surface area contributed by atoms with Gasteiger partial charge < -0.3 is 5.32 Å². The fourth-order valence-electron chi connectivity index (χ4n) is 1.60. The molecular weight excluding hydrogens is 174 g/mol. The van der Waals surface area contributed by atoms with E-state index in [1.165, 1.54) is 0 Å². The Hall–Kier alpha value is -1.03. The summed E-state index contributed by atoms with van der Waals surface area (Å²) in [5, 5.41) is 3.07. The highest BCUT2D eigenvalue weighted by atomic mass is 19.1. The van der Waals surface area contributed by atoms with Gasteiger partial charge >= 0.3 is 0 Å². The normalized spacial score (nSPS) is 22.2. The molecule has 2 nitrogen and oxygen atoms in total. The van der Waals surface area contributed by atoms with Crippen LogP contribution in [0.25, 0.3) is 0 Å². The summed E-state index contributed by atoms with van der Waals surface area (Å²) in [4.78, 5) is 3.55. The summed E-state index contributed by atoms with van der Waals surface area (Å²) in [5.74, 6) is -1.05. The van der Waals surface area contributed by atoms with Crippen molar-refractivity contribution in [3.05, 3.63) is 29.6 Å². The molecule has 0 bridgehead atoms. The second-order valence-electron chi connectivity index (χ2n) is 3.15. The maximum Gasteiger partial charge on any atom is 0.213 e. The summed E-state index contributed by atoms with van der Waals surface area (Å²) in [7, 11) is 0. The highest BCUT2D eigenvalue weighted by molar-refractivity contribution is 5.13. The molecule has 1 saturated heterocycles. The first-order chi connectivity index (χ1) is 6.27. The Morgan fingerprint density at radius 3 is 2.92 bits per heavy atom. The average molecular weight is 184 g/mol. The van der Waals surface area contributed by atoms with Gasteiger partial charge in [0.1, 0.15) is 5.82 Å². The zero-order valence-electron chi connectivity index (χ0n) is 7.06. The van der Waals surface area contributed by atoms with E-state index in [1.807, 2.05) is 0 Å². The zero-order chi connectivity index (χ0) is 9.26. The Morgan fingerprint density at radius 2 is 2.23 bits per heavy atom. The molecule has 1 aromatic rings. The first-order valence-electron chi connectivity index (χ1n) is 4.33. The Bertz CT molecular complexity index is 308. The van der Waals surface area contributed by atoms with Crippen LogP contribution in [0.15, 0.2) is 12.1 Å². The molecule has 1 aliphatic rings. The van der Waals surface area contributed by atoms with Gasteiger partial charge in [0, 0.05) is 0 Å². The minimum Gasteiger partial charge on any atom is -0.309 e. The first-order valence-corrected chi connectivity index (χ1v) is 4.33. The summed E-state index contributed by atoms with van der Waals surface area (Å²) in [5.41, 5.74) is 0.206. The molecule has 0 unspecified atom stereocenters. The Morgan fingerprint density at radius 1 is 1.38 bits per heavy atom. The molecule has 0 saturated carbocycles. The van der Waals surface area contributed by atoms with Crippen molar-refractivity contribution in [2.45, 2.75) is 18.9 Å². The van der Waals surface area contributed by atoms with E-state index in [1.54, 1.807) is 0 Å². The van der Waals surface area contributed by atoms with Crippen molar-refractivity contribution in [1.29, 1.82) is 0 Å². The van der Waals surface area contributed by atoms with Gasteiger partial charge in [0.15, 0.2) is 0 Å². The minimum atomic E-state index is -0.620. The van der Waals surface area contributed by atoms with Gasteiger partial charge in [0.05, 0.1) is 11.7 Å². The molecule has 1 atom stereocenters. The Balaban J connectivity index is 2.32.